The molecule has 31 nitrogen and oxygen atoms in total. The number of β-amino-alcohol motifs (C(OH)–C–C–N with tert-alkyl or cyclic N) is 3. The summed E-state index contributed by atoms with van der Waals surface area (Å²) in [5.74, 6) is -6.08. The molecule has 0 aromatic carbocycles. The molecule has 38 heteroatoms. The Balaban J connectivity index is 2.07. The Labute approximate surface area is 532 Å². The molecule has 0 amide bonds. The Kier molecular flexibility index (Phi) is 36.5. The van der Waals surface area contributed by atoms with Crippen LogP contribution >= 0.6 is 0 Å². The zero-order valence-electron chi connectivity index (χ0n) is 52.4. The molecule has 3 aliphatic rings. The lowest BCUT2D eigenvalue weighted by atomic mass is 10.0. The Bertz CT molecular complexity index is 2460. The van der Waals surface area contributed by atoms with Gasteiger partial charge >= 0.3 is 8.80 Å². The van der Waals surface area contributed by atoms with Crippen LogP contribution in [0.5, 0.6) is 0 Å². The van der Waals surface area contributed by atoms with Crippen LogP contribution in [0, 0.1) is 0 Å². The zero-order valence-corrected chi connectivity index (χ0v) is 58.3. The first-order valence-electron chi connectivity index (χ1n) is 31.1. The smallest absolute Gasteiger partial charge is 0.391 e. The average Bonchev–Trinajstić information content (AvgIpc) is 3.55. The number of quaternary nitrogens is 1. The summed E-state index contributed by atoms with van der Waals surface area (Å²) in [6.45, 7) is 4.07. The highest BCUT2D eigenvalue weighted by Gasteiger charge is 2.50. The summed E-state index contributed by atoms with van der Waals surface area (Å²) in [6, 6.07) is -0.252. The molecular formula is C51H108N7O24S6Si+. The lowest BCUT2D eigenvalue weighted by Gasteiger charge is -2.43. The van der Waals surface area contributed by atoms with Gasteiger partial charge in [-0.05, 0) is 12.8 Å². The van der Waals surface area contributed by atoms with Crippen molar-refractivity contribution >= 4 is 69.5 Å². The van der Waals surface area contributed by atoms with E-state index in [0.717, 1.165) is 32.1 Å². The maximum atomic E-state index is 13.1. The van der Waals surface area contributed by atoms with Crippen molar-refractivity contribution in [1.82, 2.24) is 29.4 Å². The second-order valence-corrected chi connectivity index (χ2v) is 36.8. The summed E-state index contributed by atoms with van der Waals surface area (Å²) in [5, 5.41) is 31.1. The highest BCUT2D eigenvalue weighted by molar-refractivity contribution is 7.87. The number of aliphatic hydroxyl groups excluding tert-OH is 3. The number of unbranched alkanes of at least 4 members (excludes halogenated alkanes) is 13. The summed E-state index contributed by atoms with van der Waals surface area (Å²) in [5.41, 5.74) is 0. The SMILES string of the molecule is CCCCCCCCCCCCCCCC[N+](C)(C)CCC[Si](OC(CN1CCN(CC(O)CS(=O)(=O)O)CC1)CS(=O)(=O)O)(OC(CN1CCN(CC(O)CS(=O)(=O)O)CC1)CS(=O)(=O)O)OC(CN1CCN(CC(O)CS(=O)(=O)O)CC1)CS(=O)(=O)O. The summed E-state index contributed by atoms with van der Waals surface area (Å²) in [4.78, 5) is 10.3. The predicted molar refractivity (Wildman–Crippen MR) is 337 cm³/mol. The first kappa shape index (κ1) is 82.4. The molecule has 530 valence electrons. The molecular weight excluding hydrogens is 1320 g/mol. The molecule has 0 saturated carbocycles. The Morgan fingerprint density at radius 1 is 0.337 bits per heavy atom. The standard InChI is InChI=1S/C51H107N7O24S6Si/c1-4-5-6-7-8-9-10-11-12-13-14-15-16-17-31-58(2,3)32-18-33-89(80-49(43-86(71,72)73)37-55-25-19-52(20-26-55)34-46(59)40-83(62,63)64,81-50(44-87(74,75)76)38-56-27-21-53(22-28-56)35-47(60)41-84(65,66)67)82-51(45-88(77,78)79)39-57-29-23-54(24-30-57)36-48(61)42-85(68,69)70/h46-51,59-61H,4-45H2,1-3H3,(H5-,62,63,64,65,66,67,68,69,70,71,72,73,74,75,76,77,78,79)/p+1. The van der Waals surface area contributed by atoms with Gasteiger partial charge in [-0.25, -0.2) is 0 Å². The van der Waals surface area contributed by atoms with Gasteiger partial charge in [-0.2, -0.15) is 50.5 Å². The zero-order chi connectivity index (χ0) is 66.7. The second-order valence-electron chi connectivity index (χ2n) is 25.2. The van der Waals surface area contributed by atoms with Gasteiger partial charge in [0, 0.05) is 130 Å². The highest BCUT2D eigenvalue weighted by Crippen LogP contribution is 2.29. The van der Waals surface area contributed by atoms with Crippen LogP contribution in [0.1, 0.15) is 103 Å². The van der Waals surface area contributed by atoms with E-state index in [2.05, 4.69) is 6.92 Å². The monoisotopic (exact) mass is 1420 g/mol. The normalized spacial score (nSPS) is 20.5. The fourth-order valence-electron chi connectivity index (χ4n) is 11.8. The molecule has 3 saturated heterocycles. The van der Waals surface area contributed by atoms with E-state index in [-0.39, 0.29) is 130 Å². The molecule has 6 atom stereocenters. The fourth-order valence-corrected chi connectivity index (χ4v) is 19.0. The van der Waals surface area contributed by atoms with E-state index < -0.39 is 141 Å². The van der Waals surface area contributed by atoms with Crippen LogP contribution in [0.3, 0.4) is 0 Å². The Hall–Kier alpha value is -0.843. The Morgan fingerprint density at radius 3 is 0.787 bits per heavy atom. The molecule has 6 unspecified atom stereocenters. The van der Waals surface area contributed by atoms with Gasteiger partial charge in [0.1, 0.15) is 34.5 Å². The molecule has 0 bridgehead atoms. The minimum atomic E-state index is -4.97. The largest absolute Gasteiger partial charge is 0.502 e. The molecule has 89 heavy (non-hydrogen) atoms. The highest BCUT2D eigenvalue weighted by atomic mass is 32.2. The van der Waals surface area contributed by atoms with Gasteiger partial charge < -0.3 is 33.1 Å². The molecule has 3 heterocycles. The third-order valence-corrected chi connectivity index (χ3v) is 23.8. The van der Waals surface area contributed by atoms with Gasteiger partial charge in [-0.1, -0.05) is 84.0 Å². The summed E-state index contributed by atoms with van der Waals surface area (Å²) < 4.78 is 228. The van der Waals surface area contributed by atoms with Crippen LogP contribution in [0.15, 0.2) is 0 Å². The number of hydrogen-bond donors (Lipinski definition) is 9. The van der Waals surface area contributed by atoms with Gasteiger partial charge in [0.25, 0.3) is 60.7 Å². The van der Waals surface area contributed by atoms with Crippen molar-refractivity contribution in [2.45, 2.75) is 146 Å². The average molecular weight is 1420 g/mol. The molecule has 3 aliphatic heterocycles. The Morgan fingerprint density at radius 2 is 0.551 bits per heavy atom. The van der Waals surface area contributed by atoms with Crippen molar-refractivity contribution in [3.8, 4) is 0 Å². The first-order valence-corrected chi connectivity index (χ1v) is 42.7. The van der Waals surface area contributed by atoms with Crippen LogP contribution in [-0.4, -0.2) is 352 Å². The van der Waals surface area contributed by atoms with Crippen LogP contribution in [0.4, 0.5) is 0 Å². The van der Waals surface area contributed by atoms with E-state index in [0.29, 0.717) is 17.6 Å². The van der Waals surface area contributed by atoms with Gasteiger partial charge in [-0.15, -0.1) is 0 Å². The summed E-state index contributed by atoms with van der Waals surface area (Å²) in [7, 11) is -29.4. The molecule has 3 rings (SSSR count). The number of aliphatic hydroxyl groups is 3. The van der Waals surface area contributed by atoms with Crippen LogP contribution in [0.2, 0.25) is 6.04 Å². The summed E-state index contributed by atoms with van der Waals surface area (Å²) >= 11 is 0. The van der Waals surface area contributed by atoms with Crippen molar-refractivity contribution in [3.63, 3.8) is 0 Å². The number of nitrogens with zero attached hydrogens (tertiary/aromatic N) is 7. The number of rotatable bonds is 49. The van der Waals surface area contributed by atoms with Crippen molar-refractivity contribution in [1.29, 1.82) is 0 Å². The molecule has 0 aromatic rings. The molecule has 9 N–H and O–H groups in total. The van der Waals surface area contributed by atoms with Crippen LogP contribution < -0.4 is 0 Å². The van der Waals surface area contributed by atoms with E-state index >= 15 is 0 Å². The number of hydrogen-bond acceptors (Lipinski definition) is 24. The van der Waals surface area contributed by atoms with Crippen molar-refractivity contribution in [2.75, 3.05) is 180 Å². The van der Waals surface area contributed by atoms with Crippen molar-refractivity contribution < 1.29 is 111 Å². The molecule has 0 aliphatic carbocycles. The second kappa shape index (κ2) is 39.4. The van der Waals surface area contributed by atoms with Crippen molar-refractivity contribution in [3.05, 3.63) is 0 Å². The third kappa shape index (κ3) is 41.7. The maximum absolute atomic E-state index is 13.1. The third-order valence-electron chi connectivity index (χ3n) is 16.0. The van der Waals surface area contributed by atoms with Crippen LogP contribution in [0.25, 0.3) is 0 Å². The van der Waals surface area contributed by atoms with Gasteiger partial charge in [0.2, 0.25) is 0 Å². The lowest BCUT2D eigenvalue weighted by molar-refractivity contribution is -0.890. The maximum Gasteiger partial charge on any atom is 0.502 e. The molecule has 0 spiro atoms. The molecule has 0 radical (unpaired) electrons. The van der Waals surface area contributed by atoms with Gasteiger partial charge in [0.05, 0.1) is 63.8 Å². The van der Waals surface area contributed by atoms with E-state index in [1.165, 1.54) is 57.8 Å². The predicted octanol–water partition coefficient (Wildman–Crippen LogP) is -0.709. The van der Waals surface area contributed by atoms with Crippen molar-refractivity contribution in [2.24, 2.45) is 0 Å². The van der Waals surface area contributed by atoms with E-state index in [4.69, 9.17) is 13.3 Å². The minimum absolute atomic E-state index is 0.148. The quantitative estimate of drug-likeness (QED) is 0.0157. The van der Waals surface area contributed by atoms with Gasteiger partial charge in [0.15, 0.2) is 0 Å². The lowest BCUT2D eigenvalue weighted by Crippen LogP contribution is -2.60. The van der Waals surface area contributed by atoms with E-state index in [1.54, 1.807) is 29.4 Å². The van der Waals surface area contributed by atoms with Gasteiger partial charge in [-0.3, -0.25) is 56.7 Å². The first-order chi connectivity index (χ1) is 41.2. The fraction of sp³-hybridized carbons (Fsp3) is 1.00. The summed E-state index contributed by atoms with van der Waals surface area (Å²) in [6.07, 6.45) is 7.48. The minimum Gasteiger partial charge on any atom is -0.391 e. The topological polar surface area (TPSA) is 434 Å². The molecule has 3 fully saturated rings. The van der Waals surface area contributed by atoms with E-state index in [9.17, 15) is 93.1 Å². The number of piperazine rings is 3. The van der Waals surface area contributed by atoms with E-state index in [1.807, 2.05) is 14.1 Å². The molecule has 0 aromatic heterocycles. The van der Waals surface area contributed by atoms with Crippen LogP contribution in [-0.2, 0) is 74.0 Å².